The van der Waals surface area contributed by atoms with Crippen LogP contribution in [0.25, 0.3) is 0 Å². The molecule has 2 aromatic rings. The minimum atomic E-state index is -5.08. The van der Waals surface area contributed by atoms with Crippen molar-refractivity contribution in [2.75, 3.05) is 16.9 Å². The van der Waals surface area contributed by atoms with Gasteiger partial charge < -0.3 is 10.4 Å². The number of carbonyl (C=O) groups is 2. The third-order valence-corrected chi connectivity index (χ3v) is 3.25. The molecule has 13 heteroatoms. The first-order chi connectivity index (χ1) is 14.7. The number of hydrogen-bond acceptors (Lipinski definition) is 6. The second-order valence-corrected chi connectivity index (χ2v) is 7.35. The highest BCUT2D eigenvalue weighted by atomic mass is 19.4. The lowest BCUT2D eigenvalue weighted by Gasteiger charge is -2.30. The Morgan fingerprint density at radius 2 is 1.78 bits per heavy atom. The molecule has 3 N–H and O–H groups in total. The van der Waals surface area contributed by atoms with E-state index in [1.807, 2.05) is 26.8 Å². The molecule has 0 bridgehead atoms. The Morgan fingerprint density at radius 1 is 1.19 bits per heavy atom. The van der Waals surface area contributed by atoms with Crippen molar-refractivity contribution >= 4 is 23.5 Å². The third-order valence-electron chi connectivity index (χ3n) is 3.25. The number of carboxylic acids is 1. The van der Waals surface area contributed by atoms with E-state index >= 15 is 0 Å². The van der Waals surface area contributed by atoms with E-state index in [-0.39, 0.29) is 16.9 Å². The number of amides is 2. The standard InChI is InChI=1S/C17H19FN6O.C2HF3O2/c1-17(2,3)11-24(15-8-9-20-14(10-19)22-15)23-16(25)21-13-7-5-4-6-12(13)18;3-2(4,5)1(6)7/h4-9H,11H2,1-3H3,(H2,21,23,25);(H,6,7). The van der Waals surface area contributed by atoms with Crippen LogP contribution in [0.5, 0.6) is 0 Å². The summed E-state index contributed by atoms with van der Waals surface area (Å²) in [5.41, 5.74) is 2.52. The van der Waals surface area contributed by atoms with Crippen LogP contribution in [0.2, 0.25) is 0 Å². The summed E-state index contributed by atoms with van der Waals surface area (Å²) in [4.78, 5) is 29.1. The maximum absolute atomic E-state index is 13.7. The fourth-order valence-electron chi connectivity index (χ4n) is 2.04. The highest BCUT2D eigenvalue weighted by molar-refractivity contribution is 5.90. The molecule has 2 rings (SSSR count). The SMILES string of the molecule is CC(C)(C)CN(NC(=O)Nc1ccccc1F)c1ccnc(C#N)n1.O=C(O)C(F)(F)F. The molecular formula is C19H20F4N6O3. The number of hydrazine groups is 1. The van der Waals surface area contributed by atoms with Gasteiger partial charge in [0.2, 0.25) is 5.82 Å². The molecule has 0 saturated carbocycles. The molecule has 0 spiro atoms. The van der Waals surface area contributed by atoms with Crippen LogP contribution in [0.1, 0.15) is 26.6 Å². The molecule has 1 heterocycles. The summed E-state index contributed by atoms with van der Waals surface area (Å²) in [6.45, 7) is 6.38. The molecule has 1 aromatic heterocycles. The number of carboxylic acid groups (broad SMARTS) is 1. The number of aliphatic carboxylic acids is 1. The second kappa shape index (κ2) is 10.9. The molecule has 1 aromatic carbocycles. The number of rotatable bonds is 4. The van der Waals surface area contributed by atoms with Gasteiger partial charge in [-0.25, -0.2) is 24.4 Å². The zero-order valence-electron chi connectivity index (χ0n) is 17.2. The molecule has 0 radical (unpaired) electrons. The number of urea groups is 1. The van der Waals surface area contributed by atoms with Crippen LogP contribution in [-0.4, -0.2) is 39.8 Å². The molecule has 0 saturated heterocycles. The van der Waals surface area contributed by atoms with E-state index in [0.29, 0.717) is 12.4 Å². The zero-order chi connectivity index (χ0) is 24.5. The summed E-state index contributed by atoms with van der Waals surface area (Å²) in [6.07, 6.45) is -3.65. The van der Waals surface area contributed by atoms with Crippen molar-refractivity contribution < 1.29 is 32.3 Å². The van der Waals surface area contributed by atoms with Crippen molar-refractivity contribution in [2.45, 2.75) is 26.9 Å². The van der Waals surface area contributed by atoms with Gasteiger partial charge in [-0.2, -0.15) is 23.4 Å². The summed E-state index contributed by atoms with van der Waals surface area (Å²) >= 11 is 0. The van der Waals surface area contributed by atoms with Crippen LogP contribution >= 0.6 is 0 Å². The average Bonchev–Trinajstić information content (AvgIpc) is 2.68. The van der Waals surface area contributed by atoms with Crippen molar-refractivity contribution in [2.24, 2.45) is 5.41 Å². The maximum atomic E-state index is 13.7. The zero-order valence-corrected chi connectivity index (χ0v) is 17.2. The summed E-state index contributed by atoms with van der Waals surface area (Å²) in [5, 5.41) is 20.0. The number of nitriles is 1. The fourth-order valence-corrected chi connectivity index (χ4v) is 2.04. The molecular weight excluding hydrogens is 436 g/mol. The average molecular weight is 456 g/mol. The van der Waals surface area contributed by atoms with E-state index in [0.717, 1.165) is 0 Å². The Bertz CT molecular complexity index is 986. The van der Waals surface area contributed by atoms with Gasteiger partial charge in [-0.05, 0) is 17.5 Å². The summed E-state index contributed by atoms with van der Waals surface area (Å²) in [5.74, 6) is -2.93. The van der Waals surface area contributed by atoms with E-state index in [1.165, 1.54) is 29.4 Å². The van der Waals surface area contributed by atoms with Crippen LogP contribution in [0.4, 0.5) is 33.9 Å². The van der Waals surface area contributed by atoms with Crippen molar-refractivity contribution in [3.05, 3.63) is 48.2 Å². The monoisotopic (exact) mass is 456 g/mol. The van der Waals surface area contributed by atoms with Crippen molar-refractivity contribution in [1.82, 2.24) is 15.4 Å². The van der Waals surface area contributed by atoms with E-state index in [2.05, 4.69) is 20.7 Å². The predicted molar refractivity (Wildman–Crippen MR) is 106 cm³/mol. The van der Waals surface area contributed by atoms with E-state index in [9.17, 15) is 22.4 Å². The smallest absolute Gasteiger partial charge is 0.475 e. The van der Waals surface area contributed by atoms with Crippen molar-refractivity contribution in [3.8, 4) is 6.07 Å². The molecule has 0 aliphatic rings. The van der Waals surface area contributed by atoms with Gasteiger partial charge in [-0.15, -0.1) is 0 Å². The Kier molecular flexibility index (Phi) is 8.88. The van der Waals surface area contributed by atoms with Crippen LogP contribution in [0.3, 0.4) is 0 Å². The second-order valence-electron chi connectivity index (χ2n) is 7.35. The van der Waals surface area contributed by atoms with Crippen molar-refractivity contribution in [1.29, 1.82) is 5.26 Å². The number of halogens is 4. The molecule has 32 heavy (non-hydrogen) atoms. The Hall–Kier alpha value is -3.95. The Balaban J connectivity index is 0.000000633. The molecule has 0 unspecified atom stereocenters. The Morgan fingerprint density at radius 3 is 2.28 bits per heavy atom. The number of nitrogens with one attached hydrogen (secondary N) is 2. The molecule has 2 amide bonds. The number of nitrogens with zero attached hydrogens (tertiary/aromatic N) is 4. The molecule has 172 valence electrons. The topological polar surface area (TPSA) is 131 Å². The highest BCUT2D eigenvalue weighted by Crippen LogP contribution is 2.19. The first-order valence-corrected chi connectivity index (χ1v) is 8.86. The number of hydrogen-bond donors (Lipinski definition) is 3. The van der Waals surface area contributed by atoms with E-state index in [1.54, 1.807) is 12.1 Å². The van der Waals surface area contributed by atoms with Gasteiger partial charge in [-0.3, -0.25) is 5.01 Å². The van der Waals surface area contributed by atoms with Gasteiger partial charge in [0.15, 0.2) is 5.82 Å². The minimum Gasteiger partial charge on any atom is -0.475 e. The van der Waals surface area contributed by atoms with E-state index in [4.69, 9.17) is 15.2 Å². The molecule has 9 nitrogen and oxygen atoms in total. The first kappa shape index (κ1) is 26.1. The number of anilines is 2. The summed E-state index contributed by atoms with van der Waals surface area (Å²) in [7, 11) is 0. The molecule has 0 atom stereocenters. The summed E-state index contributed by atoms with van der Waals surface area (Å²) in [6, 6.07) is 8.69. The lowest BCUT2D eigenvalue weighted by molar-refractivity contribution is -0.192. The third kappa shape index (κ3) is 9.24. The quantitative estimate of drug-likeness (QED) is 0.472. The van der Waals surface area contributed by atoms with Gasteiger partial charge in [0, 0.05) is 18.8 Å². The first-order valence-electron chi connectivity index (χ1n) is 8.86. The fraction of sp³-hybridized carbons (Fsp3) is 0.316. The molecule has 0 fully saturated rings. The number of aromatic nitrogens is 2. The molecule has 0 aliphatic heterocycles. The van der Waals surface area contributed by atoms with Crippen LogP contribution in [0.15, 0.2) is 36.5 Å². The normalized spacial score (nSPS) is 10.8. The summed E-state index contributed by atoms with van der Waals surface area (Å²) < 4.78 is 45.4. The van der Waals surface area contributed by atoms with Gasteiger partial charge in [0.1, 0.15) is 11.9 Å². The number of para-hydroxylation sites is 1. The van der Waals surface area contributed by atoms with Crippen LogP contribution in [-0.2, 0) is 4.79 Å². The number of carbonyl (C=O) groups excluding carboxylic acids is 1. The van der Waals surface area contributed by atoms with Crippen LogP contribution in [0, 0.1) is 22.6 Å². The largest absolute Gasteiger partial charge is 0.490 e. The van der Waals surface area contributed by atoms with Crippen LogP contribution < -0.4 is 15.8 Å². The number of alkyl halides is 3. The molecule has 0 aliphatic carbocycles. The lowest BCUT2D eigenvalue weighted by Crippen LogP contribution is -2.48. The maximum Gasteiger partial charge on any atom is 0.490 e. The lowest BCUT2D eigenvalue weighted by atomic mass is 9.97. The number of benzene rings is 1. The van der Waals surface area contributed by atoms with E-state index < -0.39 is 24.0 Å². The van der Waals surface area contributed by atoms with Gasteiger partial charge in [0.25, 0.3) is 0 Å². The Labute approximate surface area is 180 Å². The highest BCUT2D eigenvalue weighted by Gasteiger charge is 2.38. The van der Waals surface area contributed by atoms with Gasteiger partial charge >= 0.3 is 18.2 Å². The van der Waals surface area contributed by atoms with Gasteiger partial charge in [0.05, 0.1) is 5.69 Å². The van der Waals surface area contributed by atoms with Gasteiger partial charge in [-0.1, -0.05) is 32.9 Å². The predicted octanol–water partition coefficient (Wildman–Crippen LogP) is 3.71. The van der Waals surface area contributed by atoms with Crippen molar-refractivity contribution in [3.63, 3.8) is 0 Å². The minimum absolute atomic E-state index is 0.00674.